The molecule has 1 saturated carbocycles. The van der Waals surface area contributed by atoms with E-state index in [0.717, 1.165) is 5.92 Å². The maximum Gasteiger partial charge on any atom is -0.0318 e. The van der Waals surface area contributed by atoms with Crippen LogP contribution >= 0.6 is 0 Å². The molecule has 0 aromatic rings. The van der Waals surface area contributed by atoms with Gasteiger partial charge in [0, 0.05) is 0 Å². The molecule has 1 fully saturated rings. The van der Waals surface area contributed by atoms with E-state index in [2.05, 4.69) is 20.8 Å². The van der Waals surface area contributed by atoms with Crippen LogP contribution in [0.5, 0.6) is 0 Å². The van der Waals surface area contributed by atoms with Crippen LogP contribution in [0.3, 0.4) is 0 Å². The number of hydrogen-bond donors (Lipinski definition) is 0. The molecular formula is C26H50. The van der Waals surface area contributed by atoms with Gasteiger partial charge in [-0.05, 0) is 51.4 Å². The van der Waals surface area contributed by atoms with Crippen molar-refractivity contribution in [1.82, 2.24) is 0 Å². The molecule has 0 bridgehead atoms. The van der Waals surface area contributed by atoms with Crippen molar-refractivity contribution in [3.05, 3.63) is 11.1 Å². The molecule has 0 heteroatoms. The lowest BCUT2D eigenvalue weighted by Gasteiger charge is -2.14. The fourth-order valence-corrected chi connectivity index (χ4v) is 4.70. The molecule has 1 rings (SSSR count). The number of allylic oxidation sites excluding steroid dienone is 2. The summed E-state index contributed by atoms with van der Waals surface area (Å²) in [5, 5.41) is 0. The number of unbranched alkanes of at least 4 members (excludes halogenated alkanes) is 10. The molecular weight excluding hydrogens is 312 g/mol. The van der Waals surface area contributed by atoms with Gasteiger partial charge >= 0.3 is 0 Å². The fraction of sp³-hybridized carbons (Fsp3) is 0.923. The van der Waals surface area contributed by atoms with E-state index in [-0.39, 0.29) is 0 Å². The molecule has 0 spiro atoms. The monoisotopic (exact) mass is 362 g/mol. The number of hydrogen-bond acceptors (Lipinski definition) is 0. The van der Waals surface area contributed by atoms with Crippen LogP contribution in [0.1, 0.15) is 149 Å². The molecule has 1 aliphatic rings. The first-order chi connectivity index (χ1) is 12.8. The van der Waals surface area contributed by atoms with Crippen LogP contribution in [0.25, 0.3) is 0 Å². The van der Waals surface area contributed by atoms with Crippen LogP contribution in [-0.2, 0) is 0 Å². The summed E-state index contributed by atoms with van der Waals surface area (Å²) in [6, 6.07) is 0. The fourth-order valence-electron chi connectivity index (χ4n) is 4.70. The zero-order valence-electron chi connectivity index (χ0n) is 18.7. The minimum atomic E-state index is 1.01. The average Bonchev–Trinajstić information content (AvgIpc) is 3.19. The number of rotatable bonds is 17. The normalized spacial score (nSPS) is 15.6. The first-order valence-corrected chi connectivity index (χ1v) is 12.4. The van der Waals surface area contributed by atoms with Gasteiger partial charge in [0.1, 0.15) is 0 Å². The standard InChI is InChI=1S/C26H50/c1-4-6-7-8-9-12-15-20-25(5-2)21-16-13-10-11-14-19-24(3)26-22-17-18-23-26/h25H,4-23H2,1-3H3. The minimum Gasteiger partial charge on any atom is -0.0741 e. The van der Waals surface area contributed by atoms with Crippen LogP contribution in [0, 0.1) is 5.92 Å². The third-order valence-electron chi connectivity index (χ3n) is 6.77. The van der Waals surface area contributed by atoms with Gasteiger partial charge in [0.2, 0.25) is 0 Å². The summed E-state index contributed by atoms with van der Waals surface area (Å²) in [7, 11) is 0. The van der Waals surface area contributed by atoms with E-state index in [0.29, 0.717) is 0 Å². The van der Waals surface area contributed by atoms with Crippen LogP contribution in [-0.4, -0.2) is 0 Å². The Balaban J connectivity index is 1.90. The van der Waals surface area contributed by atoms with Crippen molar-refractivity contribution in [2.45, 2.75) is 149 Å². The van der Waals surface area contributed by atoms with Gasteiger partial charge in [0.25, 0.3) is 0 Å². The molecule has 0 N–H and O–H groups in total. The van der Waals surface area contributed by atoms with Gasteiger partial charge in [-0.2, -0.15) is 0 Å². The van der Waals surface area contributed by atoms with Crippen LogP contribution in [0.4, 0.5) is 0 Å². The second kappa shape index (κ2) is 16.9. The Labute approximate surface area is 166 Å². The molecule has 1 aliphatic carbocycles. The highest BCUT2D eigenvalue weighted by molar-refractivity contribution is 5.14. The van der Waals surface area contributed by atoms with Crippen molar-refractivity contribution in [1.29, 1.82) is 0 Å². The summed E-state index contributed by atoms with van der Waals surface area (Å²) < 4.78 is 0. The Morgan fingerprint density at radius 1 is 0.692 bits per heavy atom. The largest absolute Gasteiger partial charge is 0.0741 e. The van der Waals surface area contributed by atoms with E-state index in [1.54, 1.807) is 11.1 Å². The van der Waals surface area contributed by atoms with Gasteiger partial charge in [-0.15, -0.1) is 0 Å². The smallest absolute Gasteiger partial charge is 0.0318 e. The topological polar surface area (TPSA) is 0 Å². The molecule has 26 heavy (non-hydrogen) atoms. The third-order valence-corrected chi connectivity index (χ3v) is 6.77. The molecule has 154 valence electrons. The minimum absolute atomic E-state index is 1.01. The first-order valence-electron chi connectivity index (χ1n) is 12.4. The molecule has 0 aromatic heterocycles. The van der Waals surface area contributed by atoms with Crippen molar-refractivity contribution < 1.29 is 0 Å². The molecule has 1 atom stereocenters. The average molecular weight is 363 g/mol. The summed E-state index contributed by atoms with van der Waals surface area (Å²) in [5.41, 5.74) is 3.55. The van der Waals surface area contributed by atoms with Gasteiger partial charge < -0.3 is 0 Å². The van der Waals surface area contributed by atoms with Crippen LogP contribution in [0.15, 0.2) is 11.1 Å². The Kier molecular flexibility index (Phi) is 15.4. The third kappa shape index (κ3) is 12.2. The summed E-state index contributed by atoms with van der Waals surface area (Å²) in [4.78, 5) is 0. The highest BCUT2D eigenvalue weighted by Gasteiger charge is 2.09. The molecule has 0 saturated heterocycles. The lowest BCUT2D eigenvalue weighted by Crippen LogP contribution is -1.99. The maximum absolute atomic E-state index is 2.41. The highest BCUT2D eigenvalue weighted by atomic mass is 14.2. The highest BCUT2D eigenvalue weighted by Crippen LogP contribution is 2.29. The van der Waals surface area contributed by atoms with Crippen molar-refractivity contribution in [3.8, 4) is 0 Å². The van der Waals surface area contributed by atoms with E-state index in [1.165, 1.54) is 128 Å². The maximum atomic E-state index is 2.41. The van der Waals surface area contributed by atoms with Crippen LogP contribution < -0.4 is 0 Å². The molecule has 0 aromatic carbocycles. The molecule has 0 aliphatic heterocycles. The molecule has 0 heterocycles. The Morgan fingerprint density at radius 2 is 1.19 bits per heavy atom. The lowest BCUT2D eigenvalue weighted by molar-refractivity contribution is 0.392. The van der Waals surface area contributed by atoms with Gasteiger partial charge in [-0.3, -0.25) is 0 Å². The predicted molar refractivity (Wildman–Crippen MR) is 120 cm³/mol. The molecule has 0 radical (unpaired) electrons. The summed E-state index contributed by atoms with van der Waals surface area (Å²) in [5.74, 6) is 1.01. The van der Waals surface area contributed by atoms with E-state index >= 15 is 0 Å². The van der Waals surface area contributed by atoms with E-state index in [4.69, 9.17) is 0 Å². The van der Waals surface area contributed by atoms with Gasteiger partial charge in [-0.1, -0.05) is 115 Å². The van der Waals surface area contributed by atoms with Crippen molar-refractivity contribution in [3.63, 3.8) is 0 Å². The second-order valence-electron chi connectivity index (χ2n) is 9.08. The molecule has 1 unspecified atom stereocenters. The van der Waals surface area contributed by atoms with Gasteiger partial charge in [-0.25, -0.2) is 0 Å². The molecule has 0 nitrogen and oxygen atoms in total. The van der Waals surface area contributed by atoms with Crippen molar-refractivity contribution >= 4 is 0 Å². The van der Waals surface area contributed by atoms with Crippen molar-refractivity contribution in [2.24, 2.45) is 5.92 Å². The van der Waals surface area contributed by atoms with E-state index in [1.807, 2.05) is 0 Å². The zero-order chi connectivity index (χ0) is 18.9. The van der Waals surface area contributed by atoms with Crippen LogP contribution in [0.2, 0.25) is 0 Å². The Morgan fingerprint density at radius 3 is 1.73 bits per heavy atom. The summed E-state index contributed by atoms with van der Waals surface area (Å²) in [6.45, 7) is 7.11. The zero-order valence-corrected chi connectivity index (χ0v) is 18.7. The van der Waals surface area contributed by atoms with E-state index < -0.39 is 0 Å². The Hall–Kier alpha value is -0.260. The summed E-state index contributed by atoms with van der Waals surface area (Å²) in [6.07, 6.45) is 29.0. The molecule has 0 amide bonds. The van der Waals surface area contributed by atoms with Crippen molar-refractivity contribution in [2.75, 3.05) is 0 Å². The van der Waals surface area contributed by atoms with Gasteiger partial charge in [0.05, 0.1) is 0 Å². The SMILES string of the molecule is CCCCCCCCCC(CC)CCCCCCCC(C)=C1CCCC1. The quantitative estimate of drug-likeness (QED) is 0.178. The summed E-state index contributed by atoms with van der Waals surface area (Å²) >= 11 is 0. The van der Waals surface area contributed by atoms with E-state index in [9.17, 15) is 0 Å². The lowest BCUT2D eigenvalue weighted by atomic mass is 9.92. The van der Waals surface area contributed by atoms with Gasteiger partial charge in [0.15, 0.2) is 0 Å². The second-order valence-corrected chi connectivity index (χ2v) is 9.08. The first kappa shape index (κ1) is 23.8. The predicted octanol–water partition coefficient (Wildman–Crippen LogP) is 9.77. The Bertz CT molecular complexity index is 330.